The Hall–Kier alpha value is -3.96. The fourth-order valence-electron chi connectivity index (χ4n) is 4.96. The maximum Gasteiger partial charge on any atom is 0.328 e. The second-order valence-electron chi connectivity index (χ2n) is 9.05. The molecular weight excluding hydrogens is 448 g/mol. The molecule has 0 radical (unpaired) electrons. The first-order valence-electron chi connectivity index (χ1n) is 12.5. The molecule has 1 aliphatic rings. The van der Waals surface area contributed by atoms with Crippen LogP contribution < -0.4 is 0 Å². The Kier molecular flexibility index (Phi) is 7.10. The van der Waals surface area contributed by atoms with Crippen molar-refractivity contribution in [1.29, 1.82) is 0 Å². The lowest BCUT2D eigenvalue weighted by atomic mass is 9.87. The number of carboxylic acid groups (broad SMARTS) is 1. The van der Waals surface area contributed by atoms with E-state index in [0.717, 1.165) is 66.0 Å². The highest BCUT2D eigenvalue weighted by molar-refractivity contribution is 6.00. The summed E-state index contributed by atoms with van der Waals surface area (Å²) >= 11 is 0. The number of ether oxygens (including phenoxy) is 1. The van der Waals surface area contributed by atoms with Gasteiger partial charge in [-0.05, 0) is 77.3 Å². The van der Waals surface area contributed by atoms with Crippen LogP contribution in [0.5, 0.6) is 0 Å². The number of hydrogen-bond donors (Lipinski definition) is 1. The van der Waals surface area contributed by atoms with Crippen molar-refractivity contribution in [2.24, 2.45) is 0 Å². The van der Waals surface area contributed by atoms with Crippen LogP contribution in [0.4, 0.5) is 0 Å². The molecule has 3 aromatic carbocycles. The minimum Gasteiger partial charge on any atom is -0.478 e. The molecule has 1 unspecified atom stereocenters. The Morgan fingerprint density at radius 2 is 1.81 bits per heavy atom. The topological polar surface area (TPSA) is 64.3 Å². The molecule has 1 saturated heterocycles. The number of aliphatic carboxylic acids is 1. The van der Waals surface area contributed by atoms with Crippen molar-refractivity contribution in [2.75, 3.05) is 6.61 Å². The number of rotatable bonds is 7. The average molecular weight is 479 g/mol. The van der Waals surface area contributed by atoms with Gasteiger partial charge < -0.3 is 9.84 Å². The van der Waals surface area contributed by atoms with Crippen LogP contribution in [0.3, 0.4) is 0 Å². The van der Waals surface area contributed by atoms with Crippen LogP contribution >= 0.6 is 0 Å². The van der Waals surface area contributed by atoms with Crippen LogP contribution in [0.1, 0.15) is 61.1 Å². The number of nitrogens with zero attached hydrogens (tertiary/aromatic N) is 2. The monoisotopic (exact) mass is 478 g/mol. The number of benzene rings is 3. The van der Waals surface area contributed by atoms with E-state index in [1.165, 1.54) is 16.7 Å². The molecule has 4 aromatic rings. The molecule has 5 heteroatoms. The lowest BCUT2D eigenvalue weighted by Crippen LogP contribution is -2.18. The molecule has 1 atom stereocenters. The molecule has 2 heterocycles. The van der Waals surface area contributed by atoms with Crippen LogP contribution in [0.25, 0.3) is 28.1 Å². The van der Waals surface area contributed by atoms with E-state index < -0.39 is 5.97 Å². The van der Waals surface area contributed by atoms with E-state index in [2.05, 4.69) is 66.6 Å². The molecule has 0 amide bonds. The summed E-state index contributed by atoms with van der Waals surface area (Å²) in [5, 5.41) is 14.7. The Balaban J connectivity index is 1.62. The SMILES string of the molecule is CCC(=C(c1ccc(C=CC(=O)O)cc1)c1ccc2c(cnn2C2CCCCO2)c1)c1ccccc1. The van der Waals surface area contributed by atoms with Gasteiger partial charge in [-0.3, -0.25) is 0 Å². The number of fused-ring (bicyclic) bond motifs is 1. The second-order valence-corrected chi connectivity index (χ2v) is 9.05. The summed E-state index contributed by atoms with van der Waals surface area (Å²) < 4.78 is 8.00. The van der Waals surface area contributed by atoms with Gasteiger partial charge in [-0.25, -0.2) is 9.48 Å². The van der Waals surface area contributed by atoms with E-state index >= 15 is 0 Å². The Morgan fingerprint density at radius 1 is 1.03 bits per heavy atom. The van der Waals surface area contributed by atoms with Gasteiger partial charge in [0.05, 0.1) is 11.7 Å². The van der Waals surface area contributed by atoms with Crippen LogP contribution in [0, 0.1) is 0 Å². The van der Waals surface area contributed by atoms with E-state index in [1.807, 2.05) is 29.1 Å². The molecule has 0 bridgehead atoms. The molecule has 0 spiro atoms. The number of hydrogen-bond acceptors (Lipinski definition) is 3. The Labute approximate surface area is 211 Å². The number of allylic oxidation sites excluding steroid dienone is 1. The van der Waals surface area contributed by atoms with E-state index in [4.69, 9.17) is 9.84 Å². The van der Waals surface area contributed by atoms with Gasteiger partial charge in [-0.2, -0.15) is 5.10 Å². The quantitative estimate of drug-likeness (QED) is 0.225. The second kappa shape index (κ2) is 10.8. The lowest BCUT2D eigenvalue weighted by molar-refractivity contribution is -0.131. The molecule has 5 nitrogen and oxygen atoms in total. The van der Waals surface area contributed by atoms with Gasteiger partial charge in [0.1, 0.15) is 0 Å². The standard InChI is InChI=1S/C31H30N2O3/c1-2-27(23-8-4-3-5-9-23)31(24-14-11-22(12-15-24)13-18-30(34)35)25-16-17-28-26(20-25)21-32-33(28)29-10-6-7-19-36-29/h3-5,8-9,11-18,20-21,29H,2,6-7,10,19H2,1H3,(H,34,35). The third kappa shape index (κ3) is 5.02. The third-order valence-electron chi connectivity index (χ3n) is 6.71. The normalized spacial score (nSPS) is 16.9. The first-order chi connectivity index (χ1) is 17.6. The van der Waals surface area contributed by atoms with Crippen molar-refractivity contribution in [2.45, 2.75) is 38.8 Å². The van der Waals surface area contributed by atoms with Crippen LogP contribution in [0.15, 0.2) is 85.1 Å². The van der Waals surface area contributed by atoms with Crippen molar-refractivity contribution in [3.05, 3.63) is 107 Å². The maximum atomic E-state index is 10.9. The van der Waals surface area contributed by atoms with Crippen molar-refractivity contribution in [3.63, 3.8) is 0 Å². The van der Waals surface area contributed by atoms with Crippen molar-refractivity contribution in [1.82, 2.24) is 9.78 Å². The predicted octanol–water partition coefficient (Wildman–Crippen LogP) is 7.20. The molecule has 1 fully saturated rings. The van der Waals surface area contributed by atoms with E-state index in [0.29, 0.717) is 0 Å². The molecule has 36 heavy (non-hydrogen) atoms. The van der Waals surface area contributed by atoms with Crippen molar-refractivity contribution in [3.8, 4) is 0 Å². The Morgan fingerprint density at radius 3 is 2.50 bits per heavy atom. The smallest absolute Gasteiger partial charge is 0.328 e. The van der Waals surface area contributed by atoms with Gasteiger partial charge in [0.15, 0.2) is 6.23 Å². The van der Waals surface area contributed by atoms with Gasteiger partial charge in [-0.1, -0.05) is 67.6 Å². The first-order valence-corrected chi connectivity index (χ1v) is 12.5. The van der Waals surface area contributed by atoms with Crippen LogP contribution in [-0.4, -0.2) is 27.5 Å². The highest BCUT2D eigenvalue weighted by Gasteiger charge is 2.20. The summed E-state index contributed by atoms with van der Waals surface area (Å²) in [5.74, 6) is -0.954. The minimum atomic E-state index is -0.954. The molecule has 5 rings (SSSR count). The summed E-state index contributed by atoms with van der Waals surface area (Å²) in [4.78, 5) is 10.9. The Bertz CT molecular complexity index is 1410. The van der Waals surface area contributed by atoms with Gasteiger partial charge >= 0.3 is 5.97 Å². The average Bonchev–Trinajstić information content (AvgIpc) is 3.35. The molecule has 1 N–H and O–H groups in total. The highest BCUT2D eigenvalue weighted by atomic mass is 16.5. The number of aromatic nitrogens is 2. The molecule has 182 valence electrons. The summed E-state index contributed by atoms with van der Waals surface area (Å²) in [6, 6.07) is 25.1. The van der Waals surface area contributed by atoms with Gasteiger partial charge in [0.25, 0.3) is 0 Å². The van der Waals surface area contributed by atoms with E-state index in [9.17, 15) is 4.79 Å². The molecule has 0 aliphatic carbocycles. The maximum absolute atomic E-state index is 10.9. The predicted molar refractivity (Wildman–Crippen MR) is 144 cm³/mol. The summed E-state index contributed by atoms with van der Waals surface area (Å²) in [6.07, 6.45) is 8.83. The largest absolute Gasteiger partial charge is 0.478 e. The van der Waals surface area contributed by atoms with Crippen molar-refractivity contribution >= 4 is 34.1 Å². The van der Waals surface area contributed by atoms with E-state index in [1.54, 1.807) is 6.08 Å². The fourth-order valence-corrected chi connectivity index (χ4v) is 4.96. The fraction of sp³-hybridized carbons (Fsp3) is 0.226. The zero-order chi connectivity index (χ0) is 24.9. The highest BCUT2D eigenvalue weighted by Crippen LogP contribution is 2.36. The van der Waals surface area contributed by atoms with Crippen molar-refractivity contribution < 1.29 is 14.6 Å². The summed E-state index contributed by atoms with van der Waals surface area (Å²) in [7, 11) is 0. The molecule has 0 saturated carbocycles. The number of carboxylic acids is 1. The van der Waals surface area contributed by atoms with Crippen LogP contribution in [0.2, 0.25) is 0 Å². The molecular formula is C31H30N2O3. The van der Waals surface area contributed by atoms with Gasteiger partial charge in [0, 0.05) is 18.1 Å². The van der Waals surface area contributed by atoms with Gasteiger partial charge in [-0.15, -0.1) is 0 Å². The zero-order valence-electron chi connectivity index (χ0n) is 20.4. The zero-order valence-corrected chi connectivity index (χ0v) is 20.4. The first kappa shape index (κ1) is 23.8. The minimum absolute atomic E-state index is 0.000893. The van der Waals surface area contributed by atoms with Gasteiger partial charge in [0.2, 0.25) is 0 Å². The lowest BCUT2D eigenvalue weighted by Gasteiger charge is -2.23. The summed E-state index contributed by atoms with van der Waals surface area (Å²) in [5.41, 5.74) is 7.76. The molecule has 1 aliphatic heterocycles. The van der Waals surface area contributed by atoms with E-state index in [-0.39, 0.29) is 6.23 Å². The third-order valence-corrected chi connectivity index (χ3v) is 6.71. The van der Waals surface area contributed by atoms with Crippen LogP contribution in [-0.2, 0) is 9.53 Å². The number of carbonyl (C=O) groups is 1. The molecule has 1 aromatic heterocycles. The summed E-state index contributed by atoms with van der Waals surface area (Å²) in [6.45, 7) is 2.97.